The molecular weight excluding hydrogens is 571 g/mol. The second kappa shape index (κ2) is 9.66. The van der Waals surface area contributed by atoms with Crippen LogP contribution < -0.4 is 0 Å². The fraction of sp³-hybridized carbons (Fsp3) is 0.345. The third-order valence-electron chi connectivity index (χ3n) is 7.83. The van der Waals surface area contributed by atoms with Crippen LogP contribution in [0.4, 0.5) is 13.2 Å². The molecule has 2 aromatic heterocycles. The predicted molar refractivity (Wildman–Crippen MR) is 144 cm³/mol. The molecule has 0 spiro atoms. The first kappa shape index (κ1) is 25.9. The van der Waals surface area contributed by atoms with E-state index in [4.69, 9.17) is 0 Å². The Morgan fingerprint density at radius 2 is 1.90 bits per heavy atom. The second-order valence-electron chi connectivity index (χ2n) is 10.3. The Morgan fingerprint density at radius 1 is 1.10 bits per heavy atom. The van der Waals surface area contributed by atoms with Crippen LogP contribution in [0.25, 0.3) is 11.1 Å². The van der Waals surface area contributed by atoms with Crippen molar-refractivity contribution in [3.8, 4) is 11.1 Å². The topological polar surface area (TPSA) is 56.0 Å². The summed E-state index contributed by atoms with van der Waals surface area (Å²) in [5, 5.41) is 3.74. The van der Waals surface area contributed by atoms with Crippen LogP contribution in [0.15, 0.2) is 53.4 Å². The van der Waals surface area contributed by atoms with E-state index < -0.39 is 11.9 Å². The first-order valence-corrected chi connectivity index (χ1v) is 13.7. The van der Waals surface area contributed by atoms with Gasteiger partial charge in [-0.05, 0) is 84.7 Å². The minimum Gasteiger partial charge on any atom is -0.331 e. The maximum atomic E-state index is 14.2. The predicted octanol–water partition coefficient (Wildman–Crippen LogP) is 6.50. The van der Waals surface area contributed by atoms with Crippen molar-refractivity contribution in [1.82, 2.24) is 24.2 Å². The number of aromatic nitrogens is 4. The second-order valence-corrected chi connectivity index (χ2v) is 11.3. The zero-order chi connectivity index (χ0) is 27.5. The van der Waals surface area contributed by atoms with Crippen LogP contribution in [0.5, 0.6) is 0 Å². The number of halogens is 4. The summed E-state index contributed by atoms with van der Waals surface area (Å²) in [6.45, 7) is 2.70. The van der Waals surface area contributed by atoms with Gasteiger partial charge in [0.05, 0.1) is 6.04 Å². The average Bonchev–Trinajstić information content (AvgIpc) is 3.49. The largest absolute Gasteiger partial charge is 0.435 e. The standard InChI is InChI=1S/C29H27BrF3N5O/c1-17-34-9-11-37(17)15-18-12-23(25-16-36(2)35-27(25)29(31,32)33)21-8-10-38(28(39)24(21)13-18)26-5-3-4-19-6-7-20(30)14-22(19)26/h6-7,9,11-14,16,26H,3-5,8,10,15H2,1-2H3. The molecule has 1 aliphatic heterocycles. The van der Waals surface area contributed by atoms with E-state index in [1.807, 2.05) is 34.7 Å². The van der Waals surface area contributed by atoms with Gasteiger partial charge < -0.3 is 9.47 Å². The van der Waals surface area contributed by atoms with E-state index >= 15 is 0 Å². The number of carbonyl (C=O) groups excluding carboxylic acids is 1. The lowest BCUT2D eigenvalue weighted by molar-refractivity contribution is -0.140. The first-order chi connectivity index (χ1) is 18.6. The van der Waals surface area contributed by atoms with Crippen LogP contribution in [-0.2, 0) is 32.6 Å². The molecule has 2 aliphatic rings. The molecule has 1 amide bonds. The fourth-order valence-corrected chi connectivity index (χ4v) is 6.42. The number of hydrogen-bond acceptors (Lipinski definition) is 3. The van der Waals surface area contributed by atoms with Crippen LogP contribution in [-0.4, -0.2) is 36.7 Å². The van der Waals surface area contributed by atoms with Crippen LogP contribution in [0.1, 0.15) is 63.0 Å². The SMILES string of the molecule is Cc1nccn1Cc1cc2c(c(-c3cn(C)nc3C(F)(F)F)c1)CCN(C1CCCc3ccc(Br)cc31)C2=O. The summed E-state index contributed by atoms with van der Waals surface area (Å²) < 4.78 is 46.1. The number of imidazole rings is 1. The van der Waals surface area contributed by atoms with Crippen molar-refractivity contribution in [2.45, 2.75) is 51.4 Å². The number of benzene rings is 2. The summed E-state index contributed by atoms with van der Waals surface area (Å²) in [6.07, 6.45) is 3.55. The van der Waals surface area contributed by atoms with Gasteiger partial charge in [0, 0.05) is 54.3 Å². The molecule has 10 heteroatoms. The summed E-state index contributed by atoms with van der Waals surface area (Å²) in [7, 11) is 1.48. The van der Waals surface area contributed by atoms with Crippen molar-refractivity contribution in [2.24, 2.45) is 7.05 Å². The molecule has 0 saturated carbocycles. The summed E-state index contributed by atoms with van der Waals surface area (Å²) in [5.41, 5.74) is 3.71. The van der Waals surface area contributed by atoms with Crippen LogP contribution >= 0.6 is 15.9 Å². The Labute approximate surface area is 232 Å². The zero-order valence-electron chi connectivity index (χ0n) is 21.6. The molecule has 6 rings (SSSR count). The quantitative estimate of drug-likeness (QED) is 0.270. The molecule has 1 unspecified atom stereocenters. The van der Waals surface area contributed by atoms with Crippen molar-refractivity contribution < 1.29 is 18.0 Å². The molecule has 2 aromatic carbocycles. The van der Waals surface area contributed by atoms with E-state index in [0.717, 1.165) is 40.7 Å². The molecule has 0 saturated heterocycles. The molecule has 1 aliphatic carbocycles. The molecule has 39 heavy (non-hydrogen) atoms. The van der Waals surface area contributed by atoms with Gasteiger partial charge in [-0.15, -0.1) is 0 Å². The number of rotatable bonds is 4. The monoisotopic (exact) mass is 597 g/mol. The molecule has 1 atom stereocenters. The lowest BCUT2D eigenvalue weighted by Gasteiger charge is -2.39. The number of fused-ring (bicyclic) bond motifs is 2. The first-order valence-electron chi connectivity index (χ1n) is 12.9. The van der Waals surface area contributed by atoms with Gasteiger partial charge in [-0.3, -0.25) is 9.48 Å². The van der Waals surface area contributed by atoms with E-state index in [2.05, 4.69) is 38.1 Å². The molecule has 0 radical (unpaired) electrons. The minimum absolute atomic E-state index is 0.00125. The smallest absolute Gasteiger partial charge is 0.331 e. The molecular formula is C29H27BrF3N5O. The lowest BCUT2D eigenvalue weighted by Crippen LogP contribution is -2.41. The number of carbonyl (C=O) groups is 1. The number of alkyl halides is 3. The highest BCUT2D eigenvalue weighted by Crippen LogP contribution is 2.42. The third kappa shape index (κ3) is 4.68. The zero-order valence-corrected chi connectivity index (χ0v) is 23.2. The summed E-state index contributed by atoms with van der Waals surface area (Å²) >= 11 is 3.58. The fourth-order valence-electron chi connectivity index (χ4n) is 6.04. The average molecular weight is 598 g/mol. The van der Waals surface area contributed by atoms with Crippen molar-refractivity contribution in [3.05, 3.63) is 92.7 Å². The lowest BCUT2D eigenvalue weighted by atomic mass is 9.83. The van der Waals surface area contributed by atoms with Gasteiger partial charge in [0.25, 0.3) is 5.91 Å². The van der Waals surface area contributed by atoms with Crippen molar-refractivity contribution in [3.63, 3.8) is 0 Å². The molecule has 202 valence electrons. The number of hydrogen-bond donors (Lipinski definition) is 0. The maximum Gasteiger partial charge on any atom is 0.435 e. The Hall–Kier alpha value is -3.40. The maximum absolute atomic E-state index is 14.2. The van der Waals surface area contributed by atoms with Gasteiger partial charge in [-0.2, -0.15) is 18.3 Å². The van der Waals surface area contributed by atoms with Crippen LogP contribution in [0, 0.1) is 6.92 Å². The number of nitrogens with zero attached hydrogens (tertiary/aromatic N) is 5. The van der Waals surface area contributed by atoms with Gasteiger partial charge in [0.1, 0.15) is 5.82 Å². The van der Waals surface area contributed by atoms with Gasteiger partial charge in [-0.25, -0.2) is 4.98 Å². The van der Waals surface area contributed by atoms with Gasteiger partial charge in [-0.1, -0.05) is 22.0 Å². The van der Waals surface area contributed by atoms with Crippen molar-refractivity contribution in [2.75, 3.05) is 6.54 Å². The highest BCUT2D eigenvalue weighted by Gasteiger charge is 2.40. The van der Waals surface area contributed by atoms with Crippen molar-refractivity contribution >= 4 is 21.8 Å². The Morgan fingerprint density at radius 3 is 2.64 bits per heavy atom. The Bertz CT molecular complexity index is 1590. The minimum atomic E-state index is -4.62. The van der Waals surface area contributed by atoms with E-state index in [0.29, 0.717) is 36.2 Å². The third-order valence-corrected chi connectivity index (χ3v) is 8.33. The molecule has 0 bridgehead atoms. The normalized spacial score (nSPS) is 17.3. The Kier molecular flexibility index (Phi) is 6.40. The van der Waals surface area contributed by atoms with E-state index in [-0.39, 0.29) is 17.5 Å². The van der Waals surface area contributed by atoms with Gasteiger partial charge >= 0.3 is 6.18 Å². The summed E-state index contributed by atoms with van der Waals surface area (Å²) in [4.78, 5) is 20.3. The highest BCUT2D eigenvalue weighted by molar-refractivity contribution is 9.10. The van der Waals surface area contributed by atoms with Crippen molar-refractivity contribution in [1.29, 1.82) is 0 Å². The van der Waals surface area contributed by atoms with E-state index in [9.17, 15) is 18.0 Å². The highest BCUT2D eigenvalue weighted by atomic mass is 79.9. The van der Waals surface area contributed by atoms with E-state index in [1.54, 1.807) is 12.3 Å². The molecule has 3 heterocycles. The molecule has 0 fully saturated rings. The molecule has 6 nitrogen and oxygen atoms in total. The van der Waals surface area contributed by atoms with Gasteiger partial charge in [0.2, 0.25) is 0 Å². The van der Waals surface area contributed by atoms with Crippen LogP contribution in [0.3, 0.4) is 0 Å². The molecule has 0 N–H and O–H groups in total. The molecule has 4 aromatic rings. The van der Waals surface area contributed by atoms with Gasteiger partial charge in [0.15, 0.2) is 5.69 Å². The Balaban J connectivity index is 1.48. The van der Waals surface area contributed by atoms with Crippen LogP contribution in [0.2, 0.25) is 0 Å². The number of aryl methyl sites for hydroxylation is 3. The summed E-state index contributed by atoms with van der Waals surface area (Å²) in [5.74, 6) is 0.640. The summed E-state index contributed by atoms with van der Waals surface area (Å²) in [6, 6.07) is 9.79. The van der Waals surface area contributed by atoms with E-state index in [1.165, 1.54) is 23.5 Å². The number of amides is 1.